The van der Waals surface area contributed by atoms with Gasteiger partial charge in [0.25, 0.3) is 0 Å². The van der Waals surface area contributed by atoms with Crippen molar-refractivity contribution in [1.82, 2.24) is 15.0 Å². The van der Waals surface area contributed by atoms with Gasteiger partial charge in [0.2, 0.25) is 11.2 Å². The molecule has 1 unspecified atom stereocenters. The van der Waals surface area contributed by atoms with Gasteiger partial charge in [-0.2, -0.15) is 15.0 Å². The average molecular weight is 273 g/mol. The third-order valence-electron chi connectivity index (χ3n) is 2.81. The van der Waals surface area contributed by atoms with Crippen molar-refractivity contribution in [2.45, 2.75) is 32.3 Å². The van der Waals surface area contributed by atoms with Gasteiger partial charge in [0.05, 0.1) is 12.2 Å². The van der Waals surface area contributed by atoms with Gasteiger partial charge in [0.15, 0.2) is 0 Å². The van der Waals surface area contributed by atoms with Gasteiger partial charge in [-0.3, -0.25) is 0 Å². The summed E-state index contributed by atoms with van der Waals surface area (Å²) in [6.07, 6.45) is 1.67. The highest BCUT2D eigenvalue weighted by Crippen LogP contribution is 2.24. The number of rotatable bonds is 3. The van der Waals surface area contributed by atoms with E-state index in [4.69, 9.17) is 16.3 Å². The first-order valence-electron chi connectivity index (χ1n) is 6.02. The summed E-state index contributed by atoms with van der Waals surface area (Å²) in [4.78, 5) is 14.1. The Morgan fingerprint density at radius 3 is 2.89 bits per heavy atom. The lowest BCUT2D eigenvalue weighted by molar-refractivity contribution is 0.0444. The molecule has 2 rings (SSSR count). The van der Waals surface area contributed by atoms with Gasteiger partial charge in [-0.1, -0.05) is 0 Å². The molecule has 2 heterocycles. The molecule has 1 atom stereocenters. The highest BCUT2D eigenvalue weighted by molar-refractivity contribution is 6.28. The zero-order chi connectivity index (χ0) is 13.2. The summed E-state index contributed by atoms with van der Waals surface area (Å²) in [6, 6.07) is 0.220. The lowest BCUT2D eigenvalue weighted by Gasteiger charge is -2.36. The normalized spacial score (nSPS) is 24.1. The maximum Gasteiger partial charge on any atom is 0.322 e. The standard InChI is InChI=1S/C11H17ClN4O2/c1-3-18-10-14-8(12)13-9(15-10)16-6-4-5-11(2,17)7-16/h17H,3-7H2,1-2H3. The zero-order valence-electron chi connectivity index (χ0n) is 10.6. The van der Waals surface area contributed by atoms with Gasteiger partial charge in [-0.25, -0.2) is 0 Å². The minimum atomic E-state index is -0.719. The minimum absolute atomic E-state index is 0.105. The van der Waals surface area contributed by atoms with E-state index in [9.17, 15) is 5.11 Å². The van der Waals surface area contributed by atoms with Gasteiger partial charge in [-0.15, -0.1) is 0 Å². The van der Waals surface area contributed by atoms with Crippen LogP contribution in [0.3, 0.4) is 0 Å². The Bertz CT molecular complexity index is 428. The maximum absolute atomic E-state index is 10.1. The van der Waals surface area contributed by atoms with Crippen LogP contribution in [0.2, 0.25) is 5.28 Å². The van der Waals surface area contributed by atoms with Crippen molar-refractivity contribution in [2.24, 2.45) is 0 Å². The molecular formula is C11H17ClN4O2. The Labute approximate surface area is 111 Å². The van der Waals surface area contributed by atoms with E-state index in [0.717, 1.165) is 19.4 Å². The van der Waals surface area contributed by atoms with E-state index < -0.39 is 5.60 Å². The van der Waals surface area contributed by atoms with E-state index in [2.05, 4.69) is 15.0 Å². The van der Waals surface area contributed by atoms with Crippen LogP contribution in [-0.2, 0) is 0 Å². The number of halogens is 1. The largest absolute Gasteiger partial charge is 0.464 e. The molecule has 0 spiro atoms. The number of β-amino-alcohol motifs (C(OH)–C–C–N with tert-alkyl or cyclic N) is 1. The number of ether oxygens (including phenoxy) is 1. The summed E-state index contributed by atoms with van der Waals surface area (Å²) < 4.78 is 5.23. The van der Waals surface area contributed by atoms with Crippen molar-refractivity contribution in [1.29, 1.82) is 0 Å². The van der Waals surface area contributed by atoms with Crippen LogP contribution in [0.15, 0.2) is 0 Å². The van der Waals surface area contributed by atoms with Gasteiger partial charge < -0.3 is 14.7 Å². The lowest BCUT2D eigenvalue weighted by atomic mass is 9.95. The number of piperidine rings is 1. The van der Waals surface area contributed by atoms with Gasteiger partial charge >= 0.3 is 6.01 Å². The SMILES string of the molecule is CCOc1nc(Cl)nc(N2CCCC(C)(O)C2)n1. The van der Waals surface area contributed by atoms with Crippen LogP contribution in [0.5, 0.6) is 6.01 Å². The fourth-order valence-electron chi connectivity index (χ4n) is 2.05. The maximum atomic E-state index is 10.1. The second kappa shape index (κ2) is 5.24. The molecule has 6 nitrogen and oxygen atoms in total. The number of hydrogen-bond acceptors (Lipinski definition) is 6. The van der Waals surface area contributed by atoms with Crippen molar-refractivity contribution in [3.05, 3.63) is 5.28 Å². The smallest absolute Gasteiger partial charge is 0.322 e. The van der Waals surface area contributed by atoms with Gasteiger partial charge in [-0.05, 0) is 38.3 Å². The first-order chi connectivity index (χ1) is 8.50. The molecule has 0 bridgehead atoms. The molecule has 0 amide bonds. The zero-order valence-corrected chi connectivity index (χ0v) is 11.3. The van der Waals surface area contributed by atoms with Crippen LogP contribution >= 0.6 is 11.6 Å². The van der Waals surface area contributed by atoms with Crippen LogP contribution < -0.4 is 9.64 Å². The van der Waals surface area contributed by atoms with Crippen LogP contribution in [0.4, 0.5) is 5.95 Å². The van der Waals surface area contributed by atoms with Gasteiger partial charge in [0.1, 0.15) is 0 Å². The number of aromatic nitrogens is 3. The highest BCUT2D eigenvalue weighted by Gasteiger charge is 2.30. The second-order valence-corrected chi connectivity index (χ2v) is 4.98. The Balaban J connectivity index is 2.21. The van der Waals surface area contributed by atoms with E-state index in [-0.39, 0.29) is 11.3 Å². The highest BCUT2D eigenvalue weighted by atomic mass is 35.5. The van der Waals surface area contributed by atoms with Crippen molar-refractivity contribution in [3.63, 3.8) is 0 Å². The average Bonchev–Trinajstić information content (AvgIpc) is 2.27. The van der Waals surface area contributed by atoms with Crippen LogP contribution in [0.25, 0.3) is 0 Å². The Morgan fingerprint density at radius 2 is 2.22 bits per heavy atom. The molecule has 100 valence electrons. The summed E-state index contributed by atoms with van der Waals surface area (Å²) in [7, 11) is 0. The summed E-state index contributed by atoms with van der Waals surface area (Å²) >= 11 is 5.84. The molecule has 0 aromatic carbocycles. The van der Waals surface area contributed by atoms with Crippen molar-refractivity contribution in [2.75, 3.05) is 24.6 Å². The molecule has 1 N–H and O–H groups in total. The summed E-state index contributed by atoms with van der Waals surface area (Å²) in [5, 5.41) is 10.2. The molecule has 18 heavy (non-hydrogen) atoms. The van der Waals surface area contributed by atoms with Crippen LogP contribution in [0.1, 0.15) is 26.7 Å². The Kier molecular flexibility index (Phi) is 3.87. The van der Waals surface area contributed by atoms with E-state index in [1.165, 1.54) is 0 Å². The van der Waals surface area contributed by atoms with E-state index >= 15 is 0 Å². The predicted molar refractivity (Wildman–Crippen MR) is 68.1 cm³/mol. The predicted octanol–water partition coefficient (Wildman–Crippen LogP) is 1.27. The molecular weight excluding hydrogens is 256 g/mol. The monoisotopic (exact) mass is 272 g/mol. The number of aliphatic hydroxyl groups is 1. The first kappa shape index (κ1) is 13.3. The third kappa shape index (κ3) is 3.20. The Morgan fingerprint density at radius 1 is 1.44 bits per heavy atom. The molecule has 1 fully saturated rings. The molecule has 1 saturated heterocycles. The summed E-state index contributed by atoms with van der Waals surface area (Å²) in [5.74, 6) is 0.457. The summed E-state index contributed by atoms with van der Waals surface area (Å²) in [6.45, 7) is 5.41. The van der Waals surface area contributed by atoms with E-state index in [0.29, 0.717) is 19.1 Å². The van der Waals surface area contributed by atoms with E-state index in [1.807, 2.05) is 18.7 Å². The van der Waals surface area contributed by atoms with E-state index in [1.54, 1.807) is 0 Å². The number of nitrogens with zero attached hydrogens (tertiary/aromatic N) is 4. The van der Waals surface area contributed by atoms with Crippen molar-refractivity contribution < 1.29 is 9.84 Å². The van der Waals surface area contributed by atoms with Crippen LogP contribution in [0, 0.1) is 0 Å². The summed E-state index contributed by atoms with van der Waals surface area (Å²) in [5.41, 5.74) is -0.719. The van der Waals surface area contributed by atoms with Crippen LogP contribution in [-0.4, -0.2) is 45.4 Å². The Hall–Kier alpha value is -1.14. The molecule has 1 aliphatic heterocycles. The lowest BCUT2D eigenvalue weighted by Crippen LogP contribution is -2.46. The molecule has 0 radical (unpaired) electrons. The number of hydrogen-bond donors (Lipinski definition) is 1. The molecule has 0 saturated carbocycles. The quantitative estimate of drug-likeness (QED) is 0.894. The fraction of sp³-hybridized carbons (Fsp3) is 0.727. The van der Waals surface area contributed by atoms with Crippen molar-refractivity contribution >= 4 is 17.5 Å². The minimum Gasteiger partial charge on any atom is -0.464 e. The molecule has 1 aromatic rings. The van der Waals surface area contributed by atoms with Crippen molar-refractivity contribution in [3.8, 4) is 6.01 Å². The molecule has 1 aromatic heterocycles. The third-order valence-corrected chi connectivity index (χ3v) is 2.98. The topological polar surface area (TPSA) is 71.4 Å². The molecule has 0 aliphatic carbocycles. The second-order valence-electron chi connectivity index (χ2n) is 4.64. The molecule has 7 heteroatoms. The first-order valence-corrected chi connectivity index (χ1v) is 6.40. The fourth-order valence-corrected chi connectivity index (χ4v) is 2.20. The molecule has 1 aliphatic rings. The number of anilines is 1. The van der Waals surface area contributed by atoms with Gasteiger partial charge in [0, 0.05) is 13.1 Å².